The van der Waals surface area contributed by atoms with Gasteiger partial charge in [-0.05, 0) is 13.3 Å². The third-order valence-electron chi connectivity index (χ3n) is 5.09. The van der Waals surface area contributed by atoms with Crippen molar-refractivity contribution in [2.45, 2.75) is 60.1 Å². The zero-order valence-electron chi connectivity index (χ0n) is 16.0. The number of nitrogens with one attached hydrogen (secondary N) is 3. The van der Waals surface area contributed by atoms with Crippen LogP contribution in [-0.2, 0) is 9.53 Å². The number of guanidine groups is 1. The molecule has 0 spiro atoms. The highest BCUT2D eigenvalue weighted by Crippen LogP contribution is 2.52. The normalized spacial score (nSPS) is 28.8. The molecule has 2 rings (SSSR count). The molecule has 6 heteroatoms. The van der Waals surface area contributed by atoms with Crippen molar-refractivity contribution in [2.24, 2.45) is 21.7 Å². The summed E-state index contributed by atoms with van der Waals surface area (Å²) in [5.41, 5.74) is -0.238. The smallest absolute Gasteiger partial charge is 0.225 e. The zero-order chi connectivity index (χ0) is 18.0. The van der Waals surface area contributed by atoms with Crippen LogP contribution in [0, 0.1) is 16.7 Å². The topological polar surface area (TPSA) is 74.8 Å². The van der Waals surface area contributed by atoms with Crippen LogP contribution in [0.5, 0.6) is 0 Å². The van der Waals surface area contributed by atoms with Gasteiger partial charge >= 0.3 is 0 Å². The molecule has 3 unspecified atom stereocenters. The largest absolute Gasteiger partial charge is 0.377 e. The summed E-state index contributed by atoms with van der Waals surface area (Å²) in [6.45, 7) is 15.1. The predicted molar refractivity (Wildman–Crippen MR) is 97.0 cm³/mol. The van der Waals surface area contributed by atoms with Crippen LogP contribution in [-0.4, -0.2) is 50.3 Å². The molecular weight excluding hydrogens is 304 g/mol. The molecule has 0 aromatic carbocycles. The van der Waals surface area contributed by atoms with E-state index in [-0.39, 0.29) is 16.7 Å². The van der Waals surface area contributed by atoms with Gasteiger partial charge in [-0.2, -0.15) is 0 Å². The van der Waals surface area contributed by atoms with Crippen LogP contribution in [0.2, 0.25) is 0 Å². The maximum Gasteiger partial charge on any atom is 0.225 e. The SMILES string of the molecule is CCNC(=NCCNC(=O)C(C)(C)C)NC1C2CCOC2C1(C)C. The van der Waals surface area contributed by atoms with E-state index in [9.17, 15) is 4.79 Å². The summed E-state index contributed by atoms with van der Waals surface area (Å²) in [5, 5.41) is 9.82. The zero-order valence-corrected chi connectivity index (χ0v) is 16.0. The van der Waals surface area contributed by atoms with E-state index in [1.54, 1.807) is 0 Å². The lowest BCUT2D eigenvalue weighted by Gasteiger charge is -2.54. The van der Waals surface area contributed by atoms with Crippen LogP contribution in [0.15, 0.2) is 4.99 Å². The molecule has 1 amide bonds. The molecular formula is C18H34N4O2. The minimum absolute atomic E-state index is 0.0572. The third kappa shape index (κ3) is 4.02. The molecule has 3 N–H and O–H groups in total. The first kappa shape index (κ1) is 19.0. The fraction of sp³-hybridized carbons (Fsp3) is 0.889. The number of rotatable bonds is 5. The molecule has 138 valence electrons. The Bertz CT molecular complexity index is 482. The molecule has 1 saturated carbocycles. The molecule has 6 nitrogen and oxygen atoms in total. The van der Waals surface area contributed by atoms with Crippen LogP contribution < -0.4 is 16.0 Å². The van der Waals surface area contributed by atoms with Gasteiger partial charge < -0.3 is 20.7 Å². The fourth-order valence-corrected chi connectivity index (χ4v) is 3.69. The van der Waals surface area contributed by atoms with E-state index in [0.29, 0.717) is 31.2 Å². The molecule has 1 aliphatic heterocycles. The molecule has 24 heavy (non-hydrogen) atoms. The number of nitrogens with zero attached hydrogens (tertiary/aromatic N) is 1. The number of carbonyl (C=O) groups excluding carboxylic acids is 1. The molecule has 0 radical (unpaired) electrons. The van der Waals surface area contributed by atoms with Crippen LogP contribution in [0.25, 0.3) is 0 Å². The van der Waals surface area contributed by atoms with Crippen LogP contribution in [0.4, 0.5) is 0 Å². The van der Waals surface area contributed by atoms with Gasteiger partial charge in [-0.25, -0.2) is 0 Å². The van der Waals surface area contributed by atoms with Crippen molar-refractivity contribution >= 4 is 11.9 Å². The van der Waals surface area contributed by atoms with Crippen molar-refractivity contribution in [2.75, 3.05) is 26.2 Å². The van der Waals surface area contributed by atoms with Gasteiger partial charge in [-0.3, -0.25) is 9.79 Å². The summed E-state index contributed by atoms with van der Waals surface area (Å²) in [4.78, 5) is 16.5. The number of ether oxygens (including phenoxy) is 1. The molecule has 3 atom stereocenters. The van der Waals surface area contributed by atoms with Crippen LogP contribution in [0.3, 0.4) is 0 Å². The van der Waals surface area contributed by atoms with Gasteiger partial charge in [-0.15, -0.1) is 0 Å². The molecule has 1 aliphatic carbocycles. The highest BCUT2D eigenvalue weighted by Gasteiger charge is 2.59. The Morgan fingerprint density at radius 3 is 2.62 bits per heavy atom. The minimum Gasteiger partial charge on any atom is -0.377 e. The van der Waals surface area contributed by atoms with Gasteiger partial charge in [0.2, 0.25) is 5.91 Å². The van der Waals surface area contributed by atoms with Crippen LogP contribution >= 0.6 is 0 Å². The summed E-state index contributed by atoms with van der Waals surface area (Å²) in [6, 6.07) is 0.381. The van der Waals surface area contributed by atoms with E-state index in [4.69, 9.17) is 4.74 Å². The van der Waals surface area contributed by atoms with E-state index in [0.717, 1.165) is 25.5 Å². The van der Waals surface area contributed by atoms with Crippen molar-refractivity contribution in [1.29, 1.82) is 0 Å². The van der Waals surface area contributed by atoms with Gasteiger partial charge in [0.25, 0.3) is 0 Å². The average Bonchev–Trinajstić information content (AvgIpc) is 2.94. The summed E-state index contributed by atoms with van der Waals surface area (Å²) in [6.07, 6.45) is 1.48. The Morgan fingerprint density at radius 2 is 2.00 bits per heavy atom. The van der Waals surface area contributed by atoms with E-state index < -0.39 is 0 Å². The number of hydrogen-bond acceptors (Lipinski definition) is 3. The van der Waals surface area contributed by atoms with Crippen molar-refractivity contribution < 1.29 is 9.53 Å². The van der Waals surface area contributed by atoms with Crippen molar-refractivity contribution in [3.05, 3.63) is 0 Å². The third-order valence-corrected chi connectivity index (χ3v) is 5.09. The highest BCUT2D eigenvalue weighted by molar-refractivity contribution is 5.82. The minimum atomic E-state index is -0.361. The first-order valence-corrected chi connectivity index (χ1v) is 9.12. The van der Waals surface area contributed by atoms with E-state index in [1.807, 2.05) is 20.8 Å². The van der Waals surface area contributed by atoms with E-state index >= 15 is 0 Å². The summed E-state index contributed by atoms with van der Waals surface area (Å²) in [5.74, 6) is 1.46. The fourth-order valence-electron chi connectivity index (χ4n) is 3.69. The number of fused-ring (bicyclic) bond motifs is 1. The number of carbonyl (C=O) groups is 1. The lowest BCUT2D eigenvalue weighted by molar-refractivity contribution is -0.128. The number of amides is 1. The summed E-state index contributed by atoms with van der Waals surface area (Å²) < 4.78 is 5.85. The van der Waals surface area contributed by atoms with Gasteiger partial charge in [0, 0.05) is 42.5 Å². The lowest BCUT2D eigenvalue weighted by atomic mass is 9.57. The first-order valence-electron chi connectivity index (χ1n) is 9.12. The molecule has 0 aromatic heterocycles. The Balaban J connectivity index is 1.86. The Hall–Kier alpha value is -1.30. The van der Waals surface area contributed by atoms with Gasteiger partial charge in [0.1, 0.15) is 0 Å². The summed E-state index contributed by atoms with van der Waals surface area (Å²) in [7, 11) is 0. The first-order chi connectivity index (χ1) is 11.2. The van der Waals surface area contributed by atoms with Crippen molar-refractivity contribution in [1.82, 2.24) is 16.0 Å². The van der Waals surface area contributed by atoms with Gasteiger partial charge in [0.05, 0.1) is 12.6 Å². The maximum absolute atomic E-state index is 11.9. The Kier molecular flexibility index (Phi) is 5.78. The number of hydrogen-bond donors (Lipinski definition) is 3. The monoisotopic (exact) mass is 338 g/mol. The number of aliphatic imine (C=N–C) groups is 1. The molecule has 0 bridgehead atoms. The van der Waals surface area contributed by atoms with Gasteiger partial charge in [0.15, 0.2) is 5.96 Å². The Morgan fingerprint density at radius 1 is 1.29 bits per heavy atom. The second-order valence-corrected chi connectivity index (χ2v) is 8.45. The maximum atomic E-state index is 11.9. The molecule has 2 fully saturated rings. The lowest BCUT2D eigenvalue weighted by Crippen LogP contribution is -2.68. The average molecular weight is 338 g/mol. The highest BCUT2D eigenvalue weighted by atomic mass is 16.5. The molecule has 1 heterocycles. The second-order valence-electron chi connectivity index (χ2n) is 8.45. The van der Waals surface area contributed by atoms with E-state index in [2.05, 4.69) is 41.7 Å². The van der Waals surface area contributed by atoms with Crippen molar-refractivity contribution in [3.63, 3.8) is 0 Å². The summed E-state index contributed by atoms with van der Waals surface area (Å²) >= 11 is 0. The van der Waals surface area contributed by atoms with E-state index in [1.165, 1.54) is 0 Å². The Labute approximate surface area is 146 Å². The molecule has 1 saturated heterocycles. The standard InChI is InChI=1S/C18H34N4O2/c1-7-19-16(21-10-9-20-15(23)17(2,3)4)22-13-12-8-11-24-14(12)18(13,5)6/h12-14H,7-11H2,1-6H3,(H,20,23)(H2,19,21,22). The molecule has 2 aliphatic rings. The molecule has 0 aromatic rings. The quantitative estimate of drug-likeness (QED) is 0.404. The predicted octanol–water partition coefficient (Wildman–Crippen LogP) is 1.52. The second kappa shape index (κ2) is 7.30. The van der Waals surface area contributed by atoms with Crippen LogP contribution in [0.1, 0.15) is 48.0 Å². The van der Waals surface area contributed by atoms with Gasteiger partial charge in [-0.1, -0.05) is 34.6 Å². The van der Waals surface area contributed by atoms with Crippen molar-refractivity contribution in [3.8, 4) is 0 Å².